The molecule has 55 heavy (non-hydrogen) atoms. The molecule has 0 aliphatic heterocycles. The van der Waals surface area contributed by atoms with Crippen LogP contribution in [0.25, 0.3) is 31.3 Å². The van der Waals surface area contributed by atoms with Crippen LogP contribution in [-0.2, 0) is 10.8 Å². The van der Waals surface area contributed by atoms with Crippen LogP contribution in [0.1, 0.15) is 132 Å². The molecule has 4 nitrogen and oxygen atoms in total. The summed E-state index contributed by atoms with van der Waals surface area (Å²) in [5.74, 6) is -7.02. The van der Waals surface area contributed by atoms with Gasteiger partial charge in [-0.3, -0.25) is 19.2 Å². The predicted molar refractivity (Wildman–Crippen MR) is 206 cm³/mol. The molecule has 11 rings (SSSR count). The van der Waals surface area contributed by atoms with Crippen LogP contribution in [0.5, 0.6) is 0 Å². The molecular formula is C44H28F4O4S3. The van der Waals surface area contributed by atoms with Crippen LogP contribution in [0.2, 0.25) is 0 Å². The van der Waals surface area contributed by atoms with Gasteiger partial charge in [-0.25, -0.2) is 17.6 Å². The number of benzene rings is 2. The van der Waals surface area contributed by atoms with E-state index in [2.05, 4.69) is 12.1 Å². The zero-order valence-electron chi connectivity index (χ0n) is 29.1. The Kier molecular flexibility index (Phi) is 7.05. The van der Waals surface area contributed by atoms with Crippen LogP contribution < -0.4 is 0 Å². The number of carbonyl (C=O) groups excluding carboxylic acids is 4. The summed E-state index contributed by atoms with van der Waals surface area (Å²) in [6.07, 6.45) is 15.4. The molecule has 0 N–H and O–H groups in total. The largest absolute Gasteiger partial charge is 0.288 e. The molecule has 274 valence electrons. The van der Waals surface area contributed by atoms with Gasteiger partial charge in [0.05, 0.1) is 25.4 Å². The van der Waals surface area contributed by atoms with E-state index in [1.165, 1.54) is 31.0 Å². The Morgan fingerprint density at radius 1 is 0.509 bits per heavy atom. The molecule has 3 heterocycles. The molecule has 3 aromatic heterocycles. The van der Waals surface area contributed by atoms with Gasteiger partial charge in [-0.05, 0) is 90.9 Å². The molecule has 5 aromatic rings. The van der Waals surface area contributed by atoms with Gasteiger partial charge < -0.3 is 0 Å². The minimum atomic E-state index is -1.17. The Balaban J connectivity index is 1.04. The van der Waals surface area contributed by atoms with Crippen molar-refractivity contribution in [2.24, 2.45) is 0 Å². The number of hydrogen-bond donors (Lipinski definition) is 0. The normalized spacial score (nSPS) is 20.1. The topological polar surface area (TPSA) is 68.3 Å². The van der Waals surface area contributed by atoms with Gasteiger partial charge in [0, 0.05) is 53.3 Å². The summed E-state index contributed by atoms with van der Waals surface area (Å²) < 4.78 is 58.9. The molecule has 0 radical (unpaired) electrons. The summed E-state index contributed by atoms with van der Waals surface area (Å²) >= 11 is 5.08. The van der Waals surface area contributed by atoms with Crippen molar-refractivity contribution in [3.8, 4) is 9.75 Å². The lowest BCUT2D eigenvalue weighted by Crippen LogP contribution is -2.29. The molecule has 2 saturated carbocycles. The maximum absolute atomic E-state index is 14.2. The molecule has 0 atom stereocenters. The Labute approximate surface area is 323 Å². The molecular weight excluding hydrogens is 765 g/mol. The third-order valence-electron chi connectivity index (χ3n) is 12.9. The molecule has 6 aliphatic rings. The lowest BCUT2D eigenvalue weighted by atomic mass is 9.66. The Hall–Kier alpha value is -4.58. The van der Waals surface area contributed by atoms with E-state index < -0.39 is 51.8 Å². The molecule has 2 aromatic carbocycles. The van der Waals surface area contributed by atoms with Crippen LogP contribution in [0, 0.1) is 23.3 Å². The Bertz CT molecular complexity index is 2710. The van der Waals surface area contributed by atoms with Crippen molar-refractivity contribution in [2.45, 2.75) is 75.0 Å². The number of ketones is 4. The summed E-state index contributed by atoms with van der Waals surface area (Å²) in [4.78, 5) is 57.8. The van der Waals surface area contributed by atoms with Gasteiger partial charge in [-0.1, -0.05) is 38.5 Å². The van der Waals surface area contributed by atoms with E-state index in [4.69, 9.17) is 0 Å². The summed E-state index contributed by atoms with van der Waals surface area (Å²) in [7, 11) is 0. The fourth-order valence-corrected chi connectivity index (χ4v) is 15.0. The maximum Gasteiger partial charge on any atom is 0.197 e. The second-order valence-electron chi connectivity index (χ2n) is 15.6. The highest BCUT2D eigenvalue weighted by molar-refractivity contribution is 7.32. The van der Waals surface area contributed by atoms with Crippen molar-refractivity contribution in [3.63, 3.8) is 0 Å². The minimum Gasteiger partial charge on any atom is -0.288 e. The van der Waals surface area contributed by atoms with Crippen molar-refractivity contribution in [1.82, 2.24) is 0 Å². The molecule has 2 spiro atoms. The highest BCUT2D eigenvalue weighted by atomic mass is 32.1. The van der Waals surface area contributed by atoms with Crippen LogP contribution in [0.3, 0.4) is 0 Å². The molecule has 0 unspecified atom stereocenters. The lowest BCUT2D eigenvalue weighted by Gasteiger charge is -2.36. The third-order valence-corrected chi connectivity index (χ3v) is 16.6. The number of halogens is 4. The minimum absolute atomic E-state index is 0.0557. The van der Waals surface area contributed by atoms with E-state index in [1.807, 2.05) is 0 Å². The second-order valence-corrected chi connectivity index (χ2v) is 18.8. The van der Waals surface area contributed by atoms with Gasteiger partial charge in [0.25, 0.3) is 0 Å². The van der Waals surface area contributed by atoms with Crippen LogP contribution in [-0.4, -0.2) is 23.1 Å². The van der Waals surface area contributed by atoms with Crippen molar-refractivity contribution in [1.29, 1.82) is 0 Å². The van der Waals surface area contributed by atoms with Crippen LogP contribution in [0.4, 0.5) is 17.6 Å². The van der Waals surface area contributed by atoms with Crippen LogP contribution in [0.15, 0.2) is 53.1 Å². The first kappa shape index (κ1) is 33.7. The molecule has 11 heteroatoms. The SMILES string of the molecule is O=C1C(=CC2=Cc3sc4c5c(sc4c3C23CCCCC3)-c2sc(C=C3C(=O)c4cc(F)c(F)cc4C3=O)cc2C52CCCCC2)C(=O)c2cc(F)c(F)cc21. The number of thiophene rings is 3. The first-order valence-electron chi connectivity index (χ1n) is 18.6. The number of rotatable bonds is 2. The quantitative estimate of drug-likeness (QED) is 0.101. The third kappa shape index (κ3) is 4.37. The van der Waals surface area contributed by atoms with Crippen molar-refractivity contribution in [2.75, 3.05) is 0 Å². The number of Topliss-reactive ketones (excluding diaryl/α,β-unsaturated/α-hetero) is 4. The van der Waals surface area contributed by atoms with Gasteiger partial charge >= 0.3 is 0 Å². The highest BCUT2D eigenvalue weighted by Gasteiger charge is 2.51. The molecule has 2 fully saturated rings. The van der Waals surface area contributed by atoms with Crippen molar-refractivity contribution >= 4 is 78.7 Å². The van der Waals surface area contributed by atoms with E-state index in [1.54, 1.807) is 46.2 Å². The summed E-state index contributed by atoms with van der Waals surface area (Å²) in [5.41, 5.74) is 3.50. The van der Waals surface area contributed by atoms with E-state index in [9.17, 15) is 36.7 Å². The number of fused-ring (bicyclic) bond motifs is 12. The average Bonchev–Trinajstić information content (AvgIpc) is 4.01. The summed E-state index contributed by atoms with van der Waals surface area (Å²) in [6.45, 7) is 0. The monoisotopic (exact) mass is 792 g/mol. The lowest BCUT2D eigenvalue weighted by molar-refractivity contribution is 0.0973. The van der Waals surface area contributed by atoms with Crippen molar-refractivity contribution in [3.05, 3.63) is 125 Å². The van der Waals surface area contributed by atoms with Crippen molar-refractivity contribution < 1.29 is 36.7 Å². The number of carbonyl (C=O) groups is 4. The predicted octanol–water partition coefficient (Wildman–Crippen LogP) is 11.9. The molecule has 0 saturated heterocycles. The first-order valence-corrected chi connectivity index (χ1v) is 21.0. The van der Waals surface area contributed by atoms with Gasteiger partial charge in [-0.15, -0.1) is 34.0 Å². The highest BCUT2D eigenvalue weighted by Crippen LogP contribution is 2.67. The summed E-state index contributed by atoms with van der Waals surface area (Å²) in [6, 6.07) is 5.37. The van der Waals surface area contributed by atoms with Gasteiger partial charge in [0.15, 0.2) is 46.4 Å². The standard InChI is InChI=1S/C44H28F4O4S3/c45-28-15-21-22(16-29(28)46)36(50)25(35(21)49)11-19-12-32-33(43(19)7-3-1-4-8-43)40-42(54-32)34-41(55-40)39-27(44(34)9-5-2-6-10-44)14-20(53-39)13-26-37(51)23-17-30(47)31(48)18-24(23)38(26)52/h11-18H,1-10H2. The Morgan fingerprint density at radius 3 is 1.51 bits per heavy atom. The molecule has 6 aliphatic carbocycles. The fraction of sp³-hybridized carbons (Fsp3) is 0.273. The van der Waals surface area contributed by atoms with E-state index in [-0.39, 0.29) is 38.8 Å². The van der Waals surface area contributed by atoms with E-state index >= 15 is 0 Å². The van der Waals surface area contributed by atoms with Gasteiger partial charge in [0.1, 0.15) is 0 Å². The smallest absolute Gasteiger partial charge is 0.197 e. The fourth-order valence-electron chi connectivity index (χ4n) is 10.4. The average molecular weight is 793 g/mol. The second kappa shape index (κ2) is 11.5. The van der Waals surface area contributed by atoms with Gasteiger partial charge in [-0.2, -0.15) is 0 Å². The first-order chi connectivity index (χ1) is 26.5. The van der Waals surface area contributed by atoms with E-state index in [0.29, 0.717) is 0 Å². The number of hydrogen-bond acceptors (Lipinski definition) is 7. The Morgan fingerprint density at radius 2 is 0.982 bits per heavy atom. The van der Waals surface area contributed by atoms with E-state index in [0.717, 1.165) is 109 Å². The summed E-state index contributed by atoms with van der Waals surface area (Å²) in [5, 5.41) is 0. The molecule has 0 amide bonds. The maximum atomic E-state index is 14.2. The number of allylic oxidation sites excluding steroid dienone is 4. The van der Waals surface area contributed by atoms with Gasteiger partial charge in [0.2, 0.25) is 0 Å². The zero-order chi connectivity index (χ0) is 37.7. The zero-order valence-corrected chi connectivity index (χ0v) is 31.5. The molecule has 0 bridgehead atoms. The van der Waals surface area contributed by atoms with Crippen LogP contribution >= 0.6 is 34.0 Å².